The minimum atomic E-state index is -4.31. The van der Waals surface area contributed by atoms with E-state index < -0.39 is 24.9 Å². The summed E-state index contributed by atoms with van der Waals surface area (Å²) in [7, 11) is 1.36. The third kappa shape index (κ3) is 6.64. The summed E-state index contributed by atoms with van der Waals surface area (Å²) in [6.07, 6.45) is -5.99. The maximum Gasteiger partial charge on any atom is 0.389 e. The molecule has 2 N–H and O–H groups in total. The van der Waals surface area contributed by atoms with Gasteiger partial charge in [0.15, 0.2) is 0 Å². The van der Waals surface area contributed by atoms with Crippen molar-refractivity contribution in [3.63, 3.8) is 0 Å². The number of nitrogens with zero attached hydrogens (tertiary/aromatic N) is 1. The first-order chi connectivity index (χ1) is 6.22. The molecule has 0 radical (unpaired) electrons. The topological polar surface area (TPSA) is 46.3 Å². The zero-order valence-electron chi connectivity index (χ0n) is 7.60. The monoisotopic (exact) mass is 228 g/mol. The third-order valence-electron chi connectivity index (χ3n) is 1.44. The van der Waals surface area contributed by atoms with Crippen molar-refractivity contribution in [3.8, 4) is 0 Å². The van der Waals surface area contributed by atoms with Crippen LogP contribution in [0.1, 0.15) is 12.8 Å². The lowest BCUT2D eigenvalue weighted by atomic mass is 10.3. The Morgan fingerprint density at radius 2 is 2.00 bits per heavy atom. The molecule has 0 spiro atoms. The van der Waals surface area contributed by atoms with Gasteiger partial charge in [-0.25, -0.2) is 0 Å². The minimum absolute atomic E-state index is 0.00598. The van der Waals surface area contributed by atoms with Gasteiger partial charge in [-0.15, -0.1) is 0 Å². The SMILES string of the molecule is CN(CC(N)=S)C(=O)CCC(F)(F)F. The molecule has 0 aliphatic rings. The highest BCUT2D eigenvalue weighted by Crippen LogP contribution is 2.21. The van der Waals surface area contributed by atoms with E-state index in [4.69, 9.17) is 5.73 Å². The molecule has 14 heavy (non-hydrogen) atoms. The number of hydrogen-bond donors (Lipinski definition) is 1. The number of rotatable bonds is 4. The summed E-state index contributed by atoms with van der Waals surface area (Å²) in [5, 5.41) is 0. The van der Waals surface area contributed by atoms with Crippen molar-refractivity contribution in [2.24, 2.45) is 5.73 Å². The van der Waals surface area contributed by atoms with Crippen molar-refractivity contribution in [3.05, 3.63) is 0 Å². The van der Waals surface area contributed by atoms with Gasteiger partial charge in [0.1, 0.15) is 0 Å². The first-order valence-corrected chi connectivity index (χ1v) is 4.22. The van der Waals surface area contributed by atoms with Crippen molar-refractivity contribution in [2.75, 3.05) is 13.6 Å². The number of hydrogen-bond acceptors (Lipinski definition) is 2. The first kappa shape index (κ1) is 13.2. The maximum absolute atomic E-state index is 11.7. The highest BCUT2D eigenvalue weighted by molar-refractivity contribution is 7.80. The van der Waals surface area contributed by atoms with Crippen LogP contribution in [0, 0.1) is 0 Å². The summed E-state index contributed by atoms with van der Waals surface area (Å²) in [6.45, 7) is 0.00598. The number of thiocarbonyl (C=S) groups is 1. The Morgan fingerprint density at radius 1 is 1.50 bits per heavy atom. The second-order valence-electron chi connectivity index (χ2n) is 2.83. The van der Waals surface area contributed by atoms with Gasteiger partial charge in [-0.05, 0) is 0 Å². The zero-order valence-corrected chi connectivity index (χ0v) is 8.41. The number of carbonyl (C=O) groups excluding carboxylic acids is 1. The normalized spacial score (nSPS) is 11.1. The Labute approximate surface area is 85.0 Å². The molecular weight excluding hydrogens is 217 g/mol. The highest BCUT2D eigenvalue weighted by Gasteiger charge is 2.28. The van der Waals surface area contributed by atoms with Crippen molar-refractivity contribution in [1.29, 1.82) is 0 Å². The van der Waals surface area contributed by atoms with Crippen LogP contribution in [-0.4, -0.2) is 35.6 Å². The Hall–Kier alpha value is -0.850. The van der Waals surface area contributed by atoms with Gasteiger partial charge >= 0.3 is 6.18 Å². The average Bonchev–Trinajstić information content (AvgIpc) is 1.97. The van der Waals surface area contributed by atoms with E-state index in [1.54, 1.807) is 0 Å². The van der Waals surface area contributed by atoms with Gasteiger partial charge in [0.25, 0.3) is 0 Å². The first-order valence-electron chi connectivity index (χ1n) is 3.81. The van der Waals surface area contributed by atoms with E-state index in [-0.39, 0.29) is 11.5 Å². The summed E-state index contributed by atoms with van der Waals surface area (Å²) >= 11 is 4.51. The fourth-order valence-electron chi connectivity index (χ4n) is 0.761. The lowest BCUT2D eigenvalue weighted by Crippen LogP contribution is -2.34. The van der Waals surface area contributed by atoms with Gasteiger partial charge in [0.05, 0.1) is 18.0 Å². The number of amides is 1. The smallest absolute Gasteiger partial charge is 0.389 e. The van der Waals surface area contributed by atoms with Crippen LogP contribution in [0.4, 0.5) is 13.2 Å². The number of carbonyl (C=O) groups is 1. The van der Waals surface area contributed by atoms with Crippen LogP contribution in [0.3, 0.4) is 0 Å². The second-order valence-corrected chi connectivity index (χ2v) is 3.36. The molecule has 0 fully saturated rings. The van der Waals surface area contributed by atoms with Gasteiger partial charge in [0.2, 0.25) is 5.91 Å². The fraction of sp³-hybridized carbons (Fsp3) is 0.714. The van der Waals surface area contributed by atoms with Crippen molar-refractivity contribution in [1.82, 2.24) is 4.90 Å². The molecule has 82 valence electrons. The van der Waals surface area contributed by atoms with E-state index in [1.807, 2.05) is 0 Å². The standard InChI is InChI=1S/C7H11F3N2OS/c1-12(4-5(11)14)6(13)2-3-7(8,9)10/h2-4H2,1H3,(H2,11,14). The molecule has 0 aliphatic heterocycles. The molecule has 0 aliphatic carbocycles. The molecule has 1 amide bonds. The average molecular weight is 228 g/mol. The van der Waals surface area contributed by atoms with E-state index in [2.05, 4.69) is 12.2 Å². The van der Waals surface area contributed by atoms with Gasteiger partial charge < -0.3 is 10.6 Å². The molecule has 0 aromatic carbocycles. The van der Waals surface area contributed by atoms with Crippen LogP contribution >= 0.6 is 12.2 Å². The van der Waals surface area contributed by atoms with Gasteiger partial charge in [-0.2, -0.15) is 13.2 Å². The molecule has 0 saturated heterocycles. The van der Waals surface area contributed by atoms with Crippen LogP contribution in [-0.2, 0) is 4.79 Å². The largest absolute Gasteiger partial charge is 0.392 e. The molecule has 0 bridgehead atoms. The molecule has 0 aromatic heterocycles. The quantitative estimate of drug-likeness (QED) is 0.732. The molecular formula is C7H11F3N2OS. The molecule has 0 heterocycles. The molecule has 0 unspecified atom stereocenters. The summed E-state index contributed by atoms with van der Waals surface area (Å²) in [5.41, 5.74) is 5.13. The van der Waals surface area contributed by atoms with Gasteiger partial charge in [0, 0.05) is 13.5 Å². The van der Waals surface area contributed by atoms with Crippen molar-refractivity contribution in [2.45, 2.75) is 19.0 Å². The second kappa shape index (κ2) is 5.14. The van der Waals surface area contributed by atoms with Crippen LogP contribution in [0.25, 0.3) is 0 Å². The van der Waals surface area contributed by atoms with Crippen LogP contribution < -0.4 is 5.73 Å². The molecule has 0 rings (SSSR count). The third-order valence-corrected chi connectivity index (χ3v) is 1.57. The summed E-state index contributed by atoms with van der Waals surface area (Å²) in [4.78, 5) is 12.2. The van der Waals surface area contributed by atoms with E-state index in [0.29, 0.717) is 0 Å². The lowest BCUT2D eigenvalue weighted by Gasteiger charge is -2.16. The highest BCUT2D eigenvalue weighted by atomic mass is 32.1. The predicted octanol–water partition coefficient (Wildman–Crippen LogP) is 1.07. The van der Waals surface area contributed by atoms with Gasteiger partial charge in [-0.3, -0.25) is 4.79 Å². The van der Waals surface area contributed by atoms with E-state index in [9.17, 15) is 18.0 Å². The maximum atomic E-state index is 11.7. The van der Waals surface area contributed by atoms with Crippen molar-refractivity contribution < 1.29 is 18.0 Å². The van der Waals surface area contributed by atoms with Crippen LogP contribution in [0.2, 0.25) is 0 Å². The molecule has 3 nitrogen and oxygen atoms in total. The summed E-state index contributed by atoms with van der Waals surface area (Å²) in [6, 6.07) is 0. The van der Waals surface area contributed by atoms with Crippen LogP contribution in [0.15, 0.2) is 0 Å². The summed E-state index contributed by atoms with van der Waals surface area (Å²) < 4.78 is 35.2. The molecule has 0 saturated carbocycles. The van der Waals surface area contributed by atoms with Crippen LogP contribution in [0.5, 0.6) is 0 Å². The number of likely N-dealkylation sites (N-methyl/N-ethyl adjacent to an activating group) is 1. The number of halogens is 3. The Bertz CT molecular complexity index is 229. The number of alkyl halides is 3. The number of nitrogens with two attached hydrogens (primary N) is 1. The lowest BCUT2D eigenvalue weighted by molar-refractivity contribution is -0.148. The van der Waals surface area contributed by atoms with Crippen molar-refractivity contribution >= 4 is 23.1 Å². The Morgan fingerprint density at radius 3 is 2.36 bits per heavy atom. The zero-order chi connectivity index (χ0) is 11.4. The molecule has 0 atom stereocenters. The Balaban J connectivity index is 3.91. The molecule has 7 heteroatoms. The van der Waals surface area contributed by atoms with Gasteiger partial charge in [-0.1, -0.05) is 12.2 Å². The van der Waals surface area contributed by atoms with E-state index in [0.717, 1.165) is 4.90 Å². The predicted molar refractivity (Wildman–Crippen MR) is 49.7 cm³/mol. The van der Waals surface area contributed by atoms with E-state index >= 15 is 0 Å². The van der Waals surface area contributed by atoms with E-state index in [1.165, 1.54) is 7.05 Å². The summed E-state index contributed by atoms with van der Waals surface area (Å²) in [5.74, 6) is -0.616. The Kier molecular flexibility index (Phi) is 4.82. The molecule has 0 aromatic rings. The minimum Gasteiger partial charge on any atom is -0.392 e. The fourth-order valence-corrected chi connectivity index (χ4v) is 0.955.